The van der Waals surface area contributed by atoms with Gasteiger partial charge in [0, 0.05) is 37.3 Å². The van der Waals surface area contributed by atoms with E-state index >= 15 is 0 Å². The summed E-state index contributed by atoms with van der Waals surface area (Å²) in [6.07, 6.45) is 6.11. The number of ether oxygens (including phenoxy) is 1. The Morgan fingerprint density at radius 3 is 2.59 bits per heavy atom. The lowest BCUT2D eigenvalue weighted by Crippen LogP contribution is -2.26. The highest BCUT2D eigenvalue weighted by atomic mass is 16.5. The van der Waals surface area contributed by atoms with Gasteiger partial charge in [-0.1, -0.05) is 25.3 Å². The van der Waals surface area contributed by atoms with Gasteiger partial charge in [0.15, 0.2) is 0 Å². The minimum atomic E-state index is 0.0882. The molecule has 0 aromatic heterocycles. The maximum Gasteiger partial charge on any atom is 0.205 e. The fourth-order valence-corrected chi connectivity index (χ4v) is 3.71. The second-order valence-corrected chi connectivity index (χ2v) is 6.48. The maximum absolute atomic E-state index is 9.55. The van der Waals surface area contributed by atoms with Crippen LogP contribution in [-0.4, -0.2) is 14.1 Å². The topological polar surface area (TPSA) is 62.3 Å². The zero-order valence-electron chi connectivity index (χ0n) is 13.3. The Labute approximate surface area is 132 Å². The number of anilines is 1. The summed E-state index contributed by atoms with van der Waals surface area (Å²) in [5.41, 5.74) is 8.85. The zero-order valence-corrected chi connectivity index (χ0v) is 13.3. The second kappa shape index (κ2) is 5.92. The highest BCUT2D eigenvalue weighted by molar-refractivity contribution is 5.58. The number of hydrogen-bond donors (Lipinski definition) is 1. The molecule has 1 aliphatic heterocycles. The lowest BCUT2D eigenvalue weighted by molar-refractivity contribution is 0.299. The van der Waals surface area contributed by atoms with Crippen molar-refractivity contribution >= 4 is 5.69 Å². The Morgan fingerprint density at radius 1 is 1.23 bits per heavy atom. The fraction of sp³-hybridized carbons (Fsp3) is 0.500. The lowest BCUT2D eigenvalue weighted by atomic mass is 9.72. The van der Waals surface area contributed by atoms with Crippen molar-refractivity contribution in [3.63, 3.8) is 0 Å². The molecule has 0 radical (unpaired) electrons. The summed E-state index contributed by atoms with van der Waals surface area (Å²) in [7, 11) is 4.01. The molecule has 22 heavy (non-hydrogen) atoms. The van der Waals surface area contributed by atoms with Gasteiger partial charge < -0.3 is 15.4 Å². The first-order valence-corrected chi connectivity index (χ1v) is 8.00. The van der Waals surface area contributed by atoms with Gasteiger partial charge in [0.05, 0.1) is 5.57 Å². The highest BCUT2D eigenvalue weighted by Gasteiger charge is 2.35. The first-order valence-electron chi connectivity index (χ1n) is 8.00. The van der Waals surface area contributed by atoms with Crippen molar-refractivity contribution in [3.8, 4) is 11.8 Å². The molecule has 1 aromatic rings. The molecule has 1 aromatic carbocycles. The highest BCUT2D eigenvalue weighted by Crippen LogP contribution is 2.47. The van der Waals surface area contributed by atoms with Gasteiger partial charge in [-0.15, -0.1) is 0 Å². The van der Waals surface area contributed by atoms with Gasteiger partial charge in [0.1, 0.15) is 11.8 Å². The molecule has 1 atom stereocenters. The molecule has 3 rings (SSSR count). The van der Waals surface area contributed by atoms with Gasteiger partial charge in [-0.3, -0.25) is 0 Å². The van der Waals surface area contributed by atoms with Crippen LogP contribution in [0.15, 0.2) is 29.7 Å². The van der Waals surface area contributed by atoms with Gasteiger partial charge >= 0.3 is 0 Å². The molecule has 4 nitrogen and oxygen atoms in total. The Kier molecular flexibility index (Phi) is 3.98. The average Bonchev–Trinajstić information content (AvgIpc) is 2.53. The maximum atomic E-state index is 9.55. The summed E-state index contributed by atoms with van der Waals surface area (Å²) in [6.45, 7) is 0. The summed E-state index contributed by atoms with van der Waals surface area (Å²) >= 11 is 0. The van der Waals surface area contributed by atoms with E-state index in [1.807, 2.05) is 25.1 Å². The van der Waals surface area contributed by atoms with Gasteiger partial charge in [-0.2, -0.15) is 5.26 Å². The lowest BCUT2D eigenvalue weighted by Gasteiger charge is -2.34. The number of nitrogens with two attached hydrogens (primary N) is 1. The standard InChI is InChI=1S/C18H23N3O/c1-21(2)13-8-9-14-16(10-13)22-18(20)15(11-19)17(14)12-6-4-3-5-7-12/h8-10,12,17H,3-7,20H2,1-2H3. The van der Waals surface area contributed by atoms with Crippen molar-refractivity contribution in [3.05, 3.63) is 35.2 Å². The van der Waals surface area contributed by atoms with Crippen LogP contribution in [0.3, 0.4) is 0 Å². The Morgan fingerprint density at radius 2 is 1.95 bits per heavy atom. The van der Waals surface area contributed by atoms with Crippen LogP contribution in [0.4, 0.5) is 5.69 Å². The molecule has 116 valence electrons. The fourth-order valence-electron chi connectivity index (χ4n) is 3.71. The first-order chi connectivity index (χ1) is 10.6. The van der Waals surface area contributed by atoms with Crippen LogP contribution >= 0.6 is 0 Å². The van der Waals surface area contributed by atoms with Crippen molar-refractivity contribution < 1.29 is 4.74 Å². The van der Waals surface area contributed by atoms with E-state index in [1.165, 1.54) is 19.3 Å². The van der Waals surface area contributed by atoms with Crippen LogP contribution in [0.5, 0.6) is 5.75 Å². The van der Waals surface area contributed by atoms with Gasteiger partial charge in [0.25, 0.3) is 0 Å². The van der Waals surface area contributed by atoms with Crippen LogP contribution < -0.4 is 15.4 Å². The number of benzene rings is 1. The predicted octanol–water partition coefficient (Wildman–Crippen LogP) is 3.50. The van der Waals surface area contributed by atoms with E-state index in [-0.39, 0.29) is 11.8 Å². The Bertz CT molecular complexity index is 636. The van der Waals surface area contributed by atoms with Crippen LogP contribution in [0.1, 0.15) is 43.6 Å². The molecule has 0 saturated heterocycles. The van der Waals surface area contributed by atoms with E-state index < -0.39 is 0 Å². The molecule has 2 N–H and O–H groups in total. The molecule has 1 heterocycles. The largest absolute Gasteiger partial charge is 0.440 e. The number of nitriles is 1. The monoisotopic (exact) mass is 297 g/mol. The molecule has 1 aliphatic carbocycles. The minimum absolute atomic E-state index is 0.0882. The molecule has 1 unspecified atom stereocenters. The van der Waals surface area contributed by atoms with Crippen molar-refractivity contribution in [2.24, 2.45) is 11.7 Å². The summed E-state index contributed by atoms with van der Waals surface area (Å²) in [4.78, 5) is 2.04. The number of rotatable bonds is 2. The van der Waals surface area contributed by atoms with E-state index in [0.717, 1.165) is 29.8 Å². The first kappa shape index (κ1) is 14.8. The number of fused-ring (bicyclic) bond motifs is 1. The normalized spacial score (nSPS) is 21.8. The molecule has 0 spiro atoms. The minimum Gasteiger partial charge on any atom is -0.440 e. The molecule has 4 heteroatoms. The van der Waals surface area contributed by atoms with Crippen LogP contribution in [0.2, 0.25) is 0 Å². The predicted molar refractivity (Wildman–Crippen MR) is 87.5 cm³/mol. The quantitative estimate of drug-likeness (QED) is 0.907. The summed E-state index contributed by atoms with van der Waals surface area (Å²) in [5, 5.41) is 9.55. The van der Waals surface area contributed by atoms with Crippen LogP contribution in [0, 0.1) is 17.2 Å². The van der Waals surface area contributed by atoms with Crippen LogP contribution in [0.25, 0.3) is 0 Å². The molecule has 2 aliphatic rings. The Balaban J connectivity index is 2.05. The molecule has 0 bridgehead atoms. The van der Waals surface area contributed by atoms with E-state index in [1.54, 1.807) is 0 Å². The third-order valence-electron chi connectivity index (χ3n) is 4.89. The van der Waals surface area contributed by atoms with E-state index in [4.69, 9.17) is 10.5 Å². The molecular weight excluding hydrogens is 274 g/mol. The third kappa shape index (κ3) is 2.52. The van der Waals surface area contributed by atoms with E-state index in [0.29, 0.717) is 11.5 Å². The second-order valence-electron chi connectivity index (χ2n) is 6.48. The van der Waals surface area contributed by atoms with E-state index in [9.17, 15) is 5.26 Å². The van der Waals surface area contributed by atoms with Gasteiger partial charge in [0.2, 0.25) is 5.88 Å². The van der Waals surface area contributed by atoms with Crippen molar-refractivity contribution in [1.82, 2.24) is 0 Å². The van der Waals surface area contributed by atoms with Gasteiger partial charge in [-0.25, -0.2) is 0 Å². The molecular formula is C18H23N3O. The van der Waals surface area contributed by atoms with E-state index in [2.05, 4.69) is 18.2 Å². The summed E-state index contributed by atoms with van der Waals surface area (Å²) < 4.78 is 5.76. The number of nitrogens with zero attached hydrogens (tertiary/aromatic N) is 2. The van der Waals surface area contributed by atoms with Crippen molar-refractivity contribution in [2.45, 2.75) is 38.0 Å². The zero-order chi connectivity index (χ0) is 15.7. The summed E-state index contributed by atoms with van der Waals surface area (Å²) in [6, 6.07) is 8.52. The number of allylic oxidation sites excluding steroid dienone is 1. The third-order valence-corrected chi connectivity index (χ3v) is 4.89. The SMILES string of the molecule is CN(C)c1ccc2c(c1)OC(N)=C(C#N)C2C1CCCCC1. The van der Waals surface area contributed by atoms with Crippen LogP contribution in [-0.2, 0) is 0 Å². The van der Waals surface area contributed by atoms with Gasteiger partial charge in [-0.05, 0) is 24.8 Å². The smallest absolute Gasteiger partial charge is 0.205 e. The number of hydrogen-bond acceptors (Lipinski definition) is 4. The van der Waals surface area contributed by atoms with Crippen molar-refractivity contribution in [2.75, 3.05) is 19.0 Å². The molecule has 1 saturated carbocycles. The molecule has 0 amide bonds. The Hall–Kier alpha value is -2.15. The average molecular weight is 297 g/mol. The van der Waals surface area contributed by atoms with Crippen molar-refractivity contribution in [1.29, 1.82) is 5.26 Å². The molecule has 1 fully saturated rings. The summed E-state index contributed by atoms with van der Waals surface area (Å²) in [5.74, 6) is 1.67.